The molecule has 1 saturated heterocycles. The van der Waals surface area contributed by atoms with Crippen LogP contribution in [0.5, 0.6) is 0 Å². The van der Waals surface area contributed by atoms with E-state index in [1.54, 1.807) is 18.1 Å². The van der Waals surface area contributed by atoms with Gasteiger partial charge in [-0.25, -0.2) is 4.98 Å². The van der Waals surface area contributed by atoms with Crippen molar-refractivity contribution in [2.75, 3.05) is 33.2 Å². The van der Waals surface area contributed by atoms with Gasteiger partial charge in [0.05, 0.1) is 0 Å². The number of carbonyl (C=O) groups is 2. The van der Waals surface area contributed by atoms with Crippen molar-refractivity contribution >= 4 is 11.8 Å². The van der Waals surface area contributed by atoms with Gasteiger partial charge < -0.3 is 14.8 Å². The predicted octanol–water partition coefficient (Wildman–Crippen LogP) is 2.35. The number of amides is 2. The lowest BCUT2D eigenvalue weighted by Gasteiger charge is -2.40. The number of aryl methyl sites for hydroxylation is 1. The van der Waals surface area contributed by atoms with Crippen molar-refractivity contribution in [1.82, 2.24) is 24.7 Å². The van der Waals surface area contributed by atoms with Crippen molar-refractivity contribution in [3.8, 4) is 0 Å². The first kappa shape index (κ1) is 22.7. The Morgan fingerprint density at radius 1 is 1.06 bits per heavy atom. The van der Waals surface area contributed by atoms with Crippen LogP contribution >= 0.6 is 0 Å². The lowest BCUT2D eigenvalue weighted by molar-refractivity contribution is -0.127. The fourth-order valence-electron chi connectivity index (χ4n) is 4.38. The number of carbonyl (C=O) groups excluding carboxylic acids is 2. The molecule has 1 atom stereocenters. The van der Waals surface area contributed by atoms with Crippen LogP contribution in [0.3, 0.4) is 0 Å². The van der Waals surface area contributed by atoms with E-state index >= 15 is 0 Å². The number of aromatic nitrogens is 2. The van der Waals surface area contributed by atoms with Gasteiger partial charge in [0.2, 0.25) is 5.91 Å². The quantitative estimate of drug-likeness (QED) is 0.606. The normalized spacial score (nSPS) is 16.5. The minimum atomic E-state index is -0.518. The maximum Gasteiger partial charge on any atom is 0.254 e. The molecule has 1 aliphatic heterocycles. The Hall–Kier alpha value is -3.45. The Bertz CT molecular complexity index is 1090. The van der Waals surface area contributed by atoms with E-state index in [1.165, 1.54) is 5.56 Å². The van der Waals surface area contributed by atoms with Crippen molar-refractivity contribution in [2.45, 2.75) is 25.9 Å². The standard InChI is InChI=1S/C26H31N5O2/c1-20-28-13-15-30(20)18-22-10-6-7-11-23(22)26(33)31-17-16-29(19-24(31)25(32)27-2)14-12-21-8-4-3-5-9-21/h3-11,13,15,24H,12,14,16-19H2,1-2H3,(H,27,32)/t24-/m0/s1. The van der Waals surface area contributed by atoms with Gasteiger partial charge in [0.25, 0.3) is 5.91 Å². The average molecular weight is 446 g/mol. The van der Waals surface area contributed by atoms with Crippen LogP contribution in [0.4, 0.5) is 0 Å². The first-order chi connectivity index (χ1) is 16.1. The lowest BCUT2D eigenvalue weighted by atomic mass is 10.0. The topological polar surface area (TPSA) is 70.5 Å². The number of nitrogens with one attached hydrogen (secondary N) is 1. The van der Waals surface area contributed by atoms with Gasteiger partial charge in [-0.05, 0) is 30.5 Å². The van der Waals surface area contributed by atoms with Gasteiger partial charge in [0.15, 0.2) is 0 Å². The number of piperazine rings is 1. The molecule has 2 heterocycles. The van der Waals surface area contributed by atoms with E-state index < -0.39 is 6.04 Å². The zero-order valence-corrected chi connectivity index (χ0v) is 19.3. The Labute approximate surface area is 195 Å². The molecule has 0 aliphatic carbocycles. The molecule has 1 fully saturated rings. The van der Waals surface area contributed by atoms with Crippen LogP contribution < -0.4 is 5.32 Å². The van der Waals surface area contributed by atoms with E-state index in [1.807, 2.05) is 60.2 Å². The Kier molecular flexibility index (Phi) is 7.19. The number of hydrogen-bond donors (Lipinski definition) is 1. The molecular weight excluding hydrogens is 414 g/mol. The molecule has 0 bridgehead atoms. The minimum Gasteiger partial charge on any atom is -0.357 e. The summed E-state index contributed by atoms with van der Waals surface area (Å²) >= 11 is 0. The van der Waals surface area contributed by atoms with Gasteiger partial charge in [-0.1, -0.05) is 48.5 Å². The highest BCUT2D eigenvalue weighted by Crippen LogP contribution is 2.19. The number of imidazole rings is 1. The van der Waals surface area contributed by atoms with Crippen LogP contribution in [0.1, 0.15) is 27.3 Å². The second-order valence-electron chi connectivity index (χ2n) is 8.42. The molecular formula is C26H31N5O2. The largest absolute Gasteiger partial charge is 0.357 e. The predicted molar refractivity (Wildman–Crippen MR) is 128 cm³/mol. The molecule has 7 nitrogen and oxygen atoms in total. The molecule has 4 rings (SSSR count). The highest BCUT2D eigenvalue weighted by Gasteiger charge is 2.35. The van der Waals surface area contributed by atoms with Gasteiger partial charge in [-0.15, -0.1) is 0 Å². The summed E-state index contributed by atoms with van der Waals surface area (Å²) < 4.78 is 2.02. The maximum absolute atomic E-state index is 13.7. The van der Waals surface area contributed by atoms with E-state index in [9.17, 15) is 9.59 Å². The maximum atomic E-state index is 13.7. The van der Waals surface area contributed by atoms with E-state index in [4.69, 9.17) is 0 Å². The van der Waals surface area contributed by atoms with E-state index in [-0.39, 0.29) is 11.8 Å². The smallest absolute Gasteiger partial charge is 0.254 e. The number of nitrogens with zero attached hydrogens (tertiary/aromatic N) is 4. The van der Waals surface area contributed by atoms with E-state index in [0.29, 0.717) is 25.2 Å². The third kappa shape index (κ3) is 5.31. The summed E-state index contributed by atoms with van der Waals surface area (Å²) in [6, 6.07) is 17.5. The number of hydrogen-bond acceptors (Lipinski definition) is 4. The Morgan fingerprint density at radius 2 is 1.82 bits per heavy atom. The van der Waals surface area contributed by atoms with Gasteiger partial charge in [-0.2, -0.15) is 0 Å². The zero-order chi connectivity index (χ0) is 23.2. The molecule has 1 aromatic heterocycles. The highest BCUT2D eigenvalue weighted by atomic mass is 16.2. The Morgan fingerprint density at radius 3 is 2.55 bits per heavy atom. The third-order valence-corrected chi connectivity index (χ3v) is 6.35. The summed E-state index contributed by atoms with van der Waals surface area (Å²) in [6.07, 6.45) is 4.59. The van der Waals surface area contributed by atoms with Crippen molar-refractivity contribution < 1.29 is 9.59 Å². The molecule has 33 heavy (non-hydrogen) atoms. The third-order valence-electron chi connectivity index (χ3n) is 6.35. The SMILES string of the molecule is CNC(=O)[C@@H]1CN(CCc2ccccc2)CCN1C(=O)c1ccccc1Cn1ccnc1C. The number of likely N-dealkylation sites (N-methyl/N-ethyl adjacent to an activating group) is 1. The van der Waals surface area contributed by atoms with Crippen molar-refractivity contribution in [3.63, 3.8) is 0 Å². The fourth-order valence-corrected chi connectivity index (χ4v) is 4.38. The monoisotopic (exact) mass is 445 g/mol. The second kappa shape index (κ2) is 10.4. The summed E-state index contributed by atoms with van der Waals surface area (Å²) in [4.78, 5) is 34.7. The van der Waals surface area contributed by atoms with Gasteiger partial charge in [0, 0.05) is 57.7 Å². The first-order valence-corrected chi connectivity index (χ1v) is 11.4. The summed E-state index contributed by atoms with van der Waals surface area (Å²) in [5, 5.41) is 2.75. The molecule has 0 unspecified atom stereocenters. The molecule has 172 valence electrons. The molecule has 2 aromatic carbocycles. The molecule has 0 saturated carbocycles. The molecule has 0 radical (unpaired) electrons. The van der Waals surface area contributed by atoms with Gasteiger partial charge >= 0.3 is 0 Å². The molecule has 0 spiro atoms. The van der Waals surface area contributed by atoms with Crippen LogP contribution in [-0.2, 0) is 17.8 Å². The van der Waals surface area contributed by atoms with Crippen molar-refractivity contribution in [1.29, 1.82) is 0 Å². The van der Waals surface area contributed by atoms with E-state index in [2.05, 4.69) is 27.3 Å². The first-order valence-electron chi connectivity index (χ1n) is 11.4. The van der Waals surface area contributed by atoms with Crippen LogP contribution in [0, 0.1) is 6.92 Å². The second-order valence-corrected chi connectivity index (χ2v) is 8.42. The van der Waals surface area contributed by atoms with Crippen LogP contribution in [0.2, 0.25) is 0 Å². The highest BCUT2D eigenvalue weighted by molar-refractivity contribution is 5.99. The Balaban J connectivity index is 1.50. The van der Waals surface area contributed by atoms with E-state index in [0.717, 1.165) is 30.9 Å². The van der Waals surface area contributed by atoms with Crippen molar-refractivity contribution in [3.05, 3.63) is 89.5 Å². The van der Waals surface area contributed by atoms with Crippen molar-refractivity contribution in [2.24, 2.45) is 0 Å². The van der Waals surface area contributed by atoms with Crippen LogP contribution in [0.15, 0.2) is 67.0 Å². The lowest BCUT2D eigenvalue weighted by Crippen LogP contribution is -2.60. The van der Waals surface area contributed by atoms with Crippen LogP contribution in [0.25, 0.3) is 0 Å². The molecule has 1 N–H and O–H groups in total. The summed E-state index contributed by atoms with van der Waals surface area (Å²) in [7, 11) is 1.63. The summed E-state index contributed by atoms with van der Waals surface area (Å²) in [6.45, 7) is 5.16. The summed E-state index contributed by atoms with van der Waals surface area (Å²) in [5.41, 5.74) is 2.83. The van der Waals surface area contributed by atoms with Crippen LogP contribution in [-0.4, -0.2) is 70.4 Å². The molecule has 7 heteroatoms. The molecule has 3 aromatic rings. The fraction of sp³-hybridized carbons (Fsp3) is 0.346. The average Bonchev–Trinajstić information content (AvgIpc) is 3.26. The minimum absolute atomic E-state index is 0.0975. The summed E-state index contributed by atoms with van der Waals surface area (Å²) in [5.74, 6) is 0.669. The zero-order valence-electron chi connectivity index (χ0n) is 19.3. The number of benzene rings is 2. The van der Waals surface area contributed by atoms with Gasteiger partial charge in [-0.3, -0.25) is 14.5 Å². The molecule has 1 aliphatic rings. The van der Waals surface area contributed by atoms with Gasteiger partial charge in [0.1, 0.15) is 11.9 Å². The number of rotatable bonds is 7. The molecule has 2 amide bonds.